The normalized spacial score (nSPS) is 14.1. The minimum Gasteiger partial charge on any atom is -0.489 e. The van der Waals surface area contributed by atoms with Crippen LogP contribution in [0.3, 0.4) is 0 Å². The van der Waals surface area contributed by atoms with Crippen molar-refractivity contribution in [3.63, 3.8) is 0 Å². The smallest absolute Gasteiger partial charge is 0.323 e. The van der Waals surface area contributed by atoms with Gasteiger partial charge in [0, 0.05) is 18.6 Å². The van der Waals surface area contributed by atoms with Crippen LogP contribution in [-0.4, -0.2) is 40.1 Å². The van der Waals surface area contributed by atoms with Crippen molar-refractivity contribution < 1.29 is 19.4 Å². The van der Waals surface area contributed by atoms with Crippen LogP contribution in [0.15, 0.2) is 12.1 Å². The Morgan fingerprint density at radius 2 is 2.10 bits per heavy atom. The van der Waals surface area contributed by atoms with E-state index < -0.39 is 5.97 Å². The zero-order valence-corrected chi connectivity index (χ0v) is 12.5. The molecule has 6 nitrogen and oxygen atoms in total. The fraction of sp³-hybridized carbons (Fsp3) is 0.429. The number of aliphatic carboxylic acids is 1. The number of carbonyl (C=O) groups is 1. The van der Waals surface area contributed by atoms with E-state index in [0.29, 0.717) is 30.5 Å². The third kappa shape index (κ3) is 2.78. The van der Waals surface area contributed by atoms with Gasteiger partial charge in [-0.2, -0.15) is 11.8 Å². The van der Waals surface area contributed by atoms with Gasteiger partial charge in [-0.25, -0.2) is 4.98 Å². The highest BCUT2D eigenvalue weighted by Crippen LogP contribution is 2.34. The van der Waals surface area contributed by atoms with Gasteiger partial charge >= 0.3 is 5.97 Å². The first-order valence-electron chi connectivity index (χ1n) is 6.68. The fourth-order valence-electron chi connectivity index (χ4n) is 2.38. The van der Waals surface area contributed by atoms with Gasteiger partial charge in [0.15, 0.2) is 11.5 Å². The Balaban J connectivity index is 2.14. The zero-order chi connectivity index (χ0) is 14.8. The van der Waals surface area contributed by atoms with Gasteiger partial charge in [-0.3, -0.25) is 4.79 Å². The summed E-state index contributed by atoms with van der Waals surface area (Å²) in [6.07, 6.45) is 2.80. The molecule has 1 aliphatic heterocycles. The number of nitrogens with zero attached hydrogens (tertiary/aromatic N) is 2. The van der Waals surface area contributed by atoms with Crippen LogP contribution in [0, 0.1) is 0 Å². The average Bonchev–Trinajstić information content (AvgIpc) is 2.62. The molecule has 1 aromatic heterocycles. The van der Waals surface area contributed by atoms with E-state index in [1.165, 1.54) is 0 Å². The molecule has 2 aromatic rings. The second-order valence-electron chi connectivity index (χ2n) is 4.78. The molecule has 21 heavy (non-hydrogen) atoms. The van der Waals surface area contributed by atoms with Crippen molar-refractivity contribution in [3.8, 4) is 11.5 Å². The molecule has 0 spiro atoms. The predicted molar refractivity (Wildman–Crippen MR) is 80.2 cm³/mol. The van der Waals surface area contributed by atoms with Crippen LogP contribution in [0.4, 0.5) is 0 Å². The Kier molecular flexibility index (Phi) is 3.92. The molecule has 0 aliphatic carbocycles. The Labute approximate surface area is 126 Å². The van der Waals surface area contributed by atoms with Crippen molar-refractivity contribution in [2.24, 2.45) is 0 Å². The van der Waals surface area contributed by atoms with E-state index in [9.17, 15) is 4.79 Å². The second kappa shape index (κ2) is 5.85. The van der Waals surface area contributed by atoms with Gasteiger partial charge < -0.3 is 19.1 Å². The summed E-state index contributed by atoms with van der Waals surface area (Å²) in [5.74, 6) is 1.86. The highest BCUT2D eigenvalue weighted by molar-refractivity contribution is 7.97. The van der Waals surface area contributed by atoms with Crippen LogP contribution < -0.4 is 9.47 Å². The molecule has 0 saturated carbocycles. The quantitative estimate of drug-likeness (QED) is 0.933. The van der Waals surface area contributed by atoms with Crippen LogP contribution >= 0.6 is 11.8 Å². The van der Waals surface area contributed by atoms with Crippen LogP contribution in [0.2, 0.25) is 0 Å². The molecular formula is C14H16N2O4S. The lowest BCUT2D eigenvalue weighted by molar-refractivity contribution is -0.137. The molecule has 1 aromatic carbocycles. The largest absolute Gasteiger partial charge is 0.489 e. The molecule has 112 valence electrons. The first kappa shape index (κ1) is 14.1. The first-order chi connectivity index (χ1) is 10.2. The highest BCUT2D eigenvalue weighted by Gasteiger charge is 2.18. The number of benzene rings is 1. The van der Waals surface area contributed by atoms with E-state index in [-0.39, 0.29) is 6.54 Å². The number of carboxylic acid groups (broad SMARTS) is 1. The maximum Gasteiger partial charge on any atom is 0.323 e. The molecule has 2 heterocycles. The van der Waals surface area contributed by atoms with Crippen molar-refractivity contribution in [3.05, 3.63) is 18.0 Å². The Bertz CT molecular complexity index is 683. The lowest BCUT2D eigenvalue weighted by atomic mass is 10.2. The summed E-state index contributed by atoms with van der Waals surface area (Å²) in [5, 5.41) is 9.11. The van der Waals surface area contributed by atoms with Crippen LogP contribution in [-0.2, 0) is 17.1 Å². The van der Waals surface area contributed by atoms with Crippen molar-refractivity contribution in [2.75, 3.05) is 19.5 Å². The standard InChI is InChI=1S/C14H16N2O4S/c1-21-8-13-15-9-5-11-12(20-4-2-3-19-11)6-10(9)16(13)7-14(17)18/h5-6H,2-4,7-8H2,1H3,(H,17,18). The Hall–Kier alpha value is -1.89. The fourth-order valence-corrected chi connectivity index (χ4v) is 2.86. The molecule has 0 radical (unpaired) electrons. The number of thioether (sulfide) groups is 1. The van der Waals surface area contributed by atoms with Gasteiger partial charge in [-0.15, -0.1) is 0 Å². The van der Waals surface area contributed by atoms with Crippen molar-refractivity contribution >= 4 is 28.8 Å². The Morgan fingerprint density at radius 3 is 2.76 bits per heavy atom. The lowest BCUT2D eigenvalue weighted by Gasteiger charge is -2.08. The van der Waals surface area contributed by atoms with Gasteiger partial charge in [0.05, 0.1) is 30.0 Å². The topological polar surface area (TPSA) is 73.6 Å². The van der Waals surface area contributed by atoms with E-state index in [1.54, 1.807) is 16.3 Å². The van der Waals surface area contributed by atoms with Crippen molar-refractivity contribution in [1.82, 2.24) is 9.55 Å². The summed E-state index contributed by atoms with van der Waals surface area (Å²) in [4.78, 5) is 15.6. The van der Waals surface area contributed by atoms with Gasteiger partial charge in [-0.05, 0) is 6.26 Å². The minimum atomic E-state index is -0.885. The monoisotopic (exact) mass is 308 g/mol. The first-order valence-corrected chi connectivity index (χ1v) is 8.08. The molecule has 1 aliphatic rings. The van der Waals surface area contributed by atoms with Gasteiger partial charge in [0.1, 0.15) is 12.4 Å². The molecule has 0 bridgehead atoms. The SMILES string of the molecule is CSCc1nc2cc3c(cc2n1CC(=O)O)OCCCO3. The molecule has 0 amide bonds. The highest BCUT2D eigenvalue weighted by atomic mass is 32.2. The maximum atomic E-state index is 11.1. The molecule has 0 atom stereocenters. The summed E-state index contributed by atoms with van der Waals surface area (Å²) in [6.45, 7) is 1.11. The summed E-state index contributed by atoms with van der Waals surface area (Å²) >= 11 is 1.61. The van der Waals surface area contributed by atoms with E-state index >= 15 is 0 Å². The van der Waals surface area contributed by atoms with Crippen molar-refractivity contribution in [1.29, 1.82) is 0 Å². The molecular weight excluding hydrogens is 292 g/mol. The number of aromatic nitrogens is 2. The predicted octanol–water partition coefficient (Wildman–Crippen LogP) is 2.15. The molecule has 0 saturated heterocycles. The average molecular weight is 308 g/mol. The third-order valence-corrected chi connectivity index (χ3v) is 3.81. The van der Waals surface area contributed by atoms with Gasteiger partial charge in [0.2, 0.25) is 0 Å². The van der Waals surface area contributed by atoms with Crippen LogP contribution in [0.5, 0.6) is 11.5 Å². The minimum absolute atomic E-state index is 0.105. The van der Waals surface area contributed by atoms with Gasteiger partial charge in [-0.1, -0.05) is 0 Å². The molecule has 7 heteroatoms. The van der Waals surface area contributed by atoms with Crippen LogP contribution in [0.1, 0.15) is 12.2 Å². The van der Waals surface area contributed by atoms with E-state index in [4.69, 9.17) is 14.6 Å². The molecule has 1 N–H and O–H groups in total. The molecule has 0 unspecified atom stereocenters. The van der Waals surface area contributed by atoms with E-state index in [2.05, 4.69) is 4.98 Å². The second-order valence-corrected chi connectivity index (χ2v) is 5.65. The number of ether oxygens (including phenoxy) is 2. The lowest BCUT2D eigenvalue weighted by Crippen LogP contribution is -2.11. The Morgan fingerprint density at radius 1 is 1.38 bits per heavy atom. The zero-order valence-electron chi connectivity index (χ0n) is 11.7. The van der Waals surface area contributed by atoms with Crippen molar-refractivity contribution in [2.45, 2.75) is 18.7 Å². The summed E-state index contributed by atoms with van der Waals surface area (Å²) in [5.41, 5.74) is 1.51. The number of hydrogen-bond acceptors (Lipinski definition) is 5. The summed E-state index contributed by atoms with van der Waals surface area (Å²) in [7, 11) is 0. The molecule has 3 rings (SSSR count). The third-order valence-electron chi connectivity index (χ3n) is 3.26. The van der Waals surface area contributed by atoms with E-state index in [1.807, 2.05) is 18.4 Å². The number of imidazole rings is 1. The number of hydrogen-bond donors (Lipinski definition) is 1. The number of carboxylic acids is 1. The van der Waals surface area contributed by atoms with Crippen LogP contribution in [0.25, 0.3) is 11.0 Å². The number of rotatable bonds is 4. The van der Waals surface area contributed by atoms with Gasteiger partial charge in [0.25, 0.3) is 0 Å². The summed E-state index contributed by atoms with van der Waals surface area (Å²) < 4.78 is 13.0. The maximum absolute atomic E-state index is 11.1. The number of fused-ring (bicyclic) bond motifs is 2. The summed E-state index contributed by atoms with van der Waals surface area (Å²) in [6, 6.07) is 3.66. The molecule has 0 fully saturated rings. The van der Waals surface area contributed by atoms with E-state index in [0.717, 1.165) is 23.3 Å².